The van der Waals surface area contributed by atoms with Gasteiger partial charge in [0.05, 0.1) is 0 Å². The molecule has 0 aliphatic heterocycles. The van der Waals surface area contributed by atoms with E-state index in [0.29, 0.717) is 12.3 Å². The van der Waals surface area contributed by atoms with E-state index in [1.54, 1.807) is 0 Å². The van der Waals surface area contributed by atoms with Crippen molar-refractivity contribution in [2.45, 2.75) is 46.1 Å². The van der Waals surface area contributed by atoms with Gasteiger partial charge in [-0.05, 0) is 25.3 Å². The maximum atomic E-state index is 11.6. The summed E-state index contributed by atoms with van der Waals surface area (Å²) < 4.78 is 5.51. The van der Waals surface area contributed by atoms with E-state index in [1.165, 1.54) is 5.56 Å². The molecule has 0 aliphatic carbocycles. The van der Waals surface area contributed by atoms with Crippen LogP contribution in [0.3, 0.4) is 0 Å². The molecule has 2 nitrogen and oxygen atoms in total. The fourth-order valence-electron chi connectivity index (χ4n) is 1.81. The van der Waals surface area contributed by atoms with Crippen molar-refractivity contribution in [3.05, 3.63) is 35.9 Å². The third-order valence-corrected chi connectivity index (χ3v) is 2.44. The minimum Gasteiger partial charge on any atom is -0.459 e. The highest BCUT2D eigenvalue weighted by molar-refractivity contribution is 5.70. The Hall–Kier alpha value is -1.31. The van der Waals surface area contributed by atoms with Crippen molar-refractivity contribution < 1.29 is 9.53 Å². The first-order valence-corrected chi connectivity index (χ1v) is 6.15. The van der Waals surface area contributed by atoms with Gasteiger partial charge in [0.15, 0.2) is 0 Å². The lowest BCUT2D eigenvalue weighted by molar-refractivity contribution is -0.157. The van der Waals surface area contributed by atoms with E-state index in [1.807, 2.05) is 45.9 Å². The molecule has 1 aromatic carbocycles. The van der Waals surface area contributed by atoms with Gasteiger partial charge in [-0.2, -0.15) is 0 Å². The van der Waals surface area contributed by atoms with E-state index in [0.717, 1.165) is 6.42 Å². The number of rotatable bonds is 5. The number of benzene rings is 1. The van der Waals surface area contributed by atoms with Crippen molar-refractivity contribution in [2.24, 2.45) is 5.92 Å². The van der Waals surface area contributed by atoms with Gasteiger partial charge in [-0.25, -0.2) is 0 Å². The van der Waals surface area contributed by atoms with Gasteiger partial charge in [-0.1, -0.05) is 44.2 Å². The van der Waals surface area contributed by atoms with Crippen LogP contribution in [-0.4, -0.2) is 11.6 Å². The van der Waals surface area contributed by atoms with Crippen LogP contribution >= 0.6 is 0 Å². The fourth-order valence-corrected chi connectivity index (χ4v) is 1.81. The van der Waals surface area contributed by atoms with Crippen molar-refractivity contribution in [1.82, 2.24) is 0 Å². The number of esters is 1. The second-order valence-electron chi connectivity index (χ2n) is 5.49. The summed E-state index contributed by atoms with van der Waals surface area (Å²) in [6.45, 7) is 7.95. The molecule has 0 aliphatic rings. The lowest BCUT2D eigenvalue weighted by Gasteiger charge is -2.25. The fraction of sp³-hybridized carbons (Fsp3) is 0.533. The number of hydrogen-bond donors (Lipinski definition) is 0. The second-order valence-corrected chi connectivity index (χ2v) is 5.49. The number of carbonyl (C=O) groups excluding carboxylic acids is 1. The van der Waals surface area contributed by atoms with Crippen LogP contribution in [0, 0.1) is 5.92 Å². The maximum Gasteiger partial charge on any atom is 0.306 e. The van der Waals surface area contributed by atoms with E-state index >= 15 is 0 Å². The SMILES string of the molecule is CC(C)CC(=O)OC(C)(C)Cc1ccccc1. The van der Waals surface area contributed by atoms with Gasteiger partial charge in [0.25, 0.3) is 0 Å². The molecule has 1 rings (SSSR count). The molecular formula is C15H22O2. The second kappa shape index (κ2) is 5.85. The number of carbonyl (C=O) groups is 1. The van der Waals surface area contributed by atoms with Gasteiger partial charge in [0, 0.05) is 12.8 Å². The Morgan fingerprint density at radius 2 is 1.82 bits per heavy atom. The monoisotopic (exact) mass is 234 g/mol. The Bertz CT molecular complexity index is 352. The maximum absolute atomic E-state index is 11.6. The lowest BCUT2D eigenvalue weighted by Crippen LogP contribution is -2.31. The van der Waals surface area contributed by atoms with E-state index in [-0.39, 0.29) is 5.97 Å². The average molecular weight is 234 g/mol. The van der Waals surface area contributed by atoms with Gasteiger partial charge >= 0.3 is 5.97 Å². The van der Waals surface area contributed by atoms with E-state index in [9.17, 15) is 4.79 Å². The van der Waals surface area contributed by atoms with Crippen LogP contribution in [0.5, 0.6) is 0 Å². The van der Waals surface area contributed by atoms with Gasteiger partial charge in [0.1, 0.15) is 5.60 Å². The van der Waals surface area contributed by atoms with Crippen LogP contribution < -0.4 is 0 Å². The molecule has 0 atom stereocenters. The molecule has 17 heavy (non-hydrogen) atoms. The molecule has 1 aromatic rings. The predicted octanol–water partition coefficient (Wildman–Crippen LogP) is 3.60. The third-order valence-electron chi connectivity index (χ3n) is 2.44. The summed E-state index contributed by atoms with van der Waals surface area (Å²) in [7, 11) is 0. The molecule has 0 spiro atoms. The Morgan fingerprint density at radius 1 is 1.24 bits per heavy atom. The summed E-state index contributed by atoms with van der Waals surface area (Å²) in [5.74, 6) is 0.232. The molecule has 0 heterocycles. The van der Waals surface area contributed by atoms with E-state index in [2.05, 4.69) is 12.1 Å². The minimum absolute atomic E-state index is 0.110. The zero-order valence-corrected chi connectivity index (χ0v) is 11.2. The molecule has 0 N–H and O–H groups in total. The summed E-state index contributed by atoms with van der Waals surface area (Å²) in [6, 6.07) is 10.1. The van der Waals surface area contributed by atoms with Crippen LogP contribution in [0.1, 0.15) is 39.7 Å². The van der Waals surface area contributed by atoms with Crippen molar-refractivity contribution in [3.63, 3.8) is 0 Å². The van der Waals surface area contributed by atoms with Crippen LogP contribution in [0.15, 0.2) is 30.3 Å². The normalized spacial score (nSPS) is 11.6. The number of hydrogen-bond acceptors (Lipinski definition) is 2. The predicted molar refractivity (Wildman–Crippen MR) is 69.8 cm³/mol. The summed E-state index contributed by atoms with van der Waals surface area (Å²) in [5.41, 5.74) is 0.752. The molecule has 0 saturated heterocycles. The zero-order valence-electron chi connectivity index (χ0n) is 11.2. The summed E-state index contributed by atoms with van der Waals surface area (Å²) in [4.78, 5) is 11.6. The van der Waals surface area contributed by atoms with Gasteiger partial charge in [-0.15, -0.1) is 0 Å². The summed E-state index contributed by atoms with van der Waals surface area (Å²) >= 11 is 0. The summed E-state index contributed by atoms with van der Waals surface area (Å²) in [5, 5.41) is 0. The lowest BCUT2D eigenvalue weighted by atomic mass is 9.98. The summed E-state index contributed by atoms with van der Waals surface area (Å²) in [6.07, 6.45) is 1.23. The molecular weight excluding hydrogens is 212 g/mol. The Balaban J connectivity index is 2.54. The molecule has 0 amide bonds. The standard InChI is InChI=1S/C15H22O2/c1-12(2)10-14(16)17-15(3,4)11-13-8-6-5-7-9-13/h5-9,12H,10-11H2,1-4H3. The van der Waals surface area contributed by atoms with Crippen LogP contribution in [-0.2, 0) is 16.0 Å². The first kappa shape index (κ1) is 13.8. The highest BCUT2D eigenvalue weighted by Gasteiger charge is 2.23. The van der Waals surface area contributed by atoms with Gasteiger partial charge in [-0.3, -0.25) is 4.79 Å². The van der Waals surface area contributed by atoms with E-state index < -0.39 is 5.60 Å². The third kappa shape index (κ3) is 5.53. The first-order chi connectivity index (χ1) is 7.89. The van der Waals surface area contributed by atoms with Crippen molar-refractivity contribution >= 4 is 5.97 Å². The highest BCUT2D eigenvalue weighted by Crippen LogP contribution is 2.18. The van der Waals surface area contributed by atoms with Crippen molar-refractivity contribution in [2.75, 3.05) is 0 Å². The smallest absolute Gasteiger partial charge is 0.306 e. The van der Waals surface area contributed by atoms with Crippen LogP contribution in [0.25, 0.3) is 0 Å². The van der Waals surface area contributed by atoms with Crippen LogP contribution in [0.4, 0.5) is 0 Å². The molecule has 2 heteroatoms. The molecule has 0 radical (unpaired) electrons. The number of ether oxygens (including phenoxy) is 1. The van der Waals surface area contributed by atoms with Crippen molar-refractivity contribution in [3.8, 4) is 0 Å². The molecule has 94 valence electrons. The van der Waals surface area contributed by atoms with Gasteiger partial charge < -0.3 is 4.74 Å². The topological polar surface area (TPSA) is 26.3 Å². The van der Waals surface area contributed by atoms with E-state index in [4.69, 9.17) is 4.74 Å². The quantitative estimate of drug-likeness (QED) is 0.728. The molecule has 0 bridgehead atoms. The molecule has 0 fully saturated rings. The minimum atomic E-state index is -0.437. The zero-order chi connectivity index (χ0) is 12.9. The van der Waals surface area contributed by atoms with Crippen LogP contribution in [0.2, 0.25) is 0 Å². The highest BCUT2D eigenvalue weighted by atomic mass is 16.6. The first-order valence-electron chi connectivity index (χ1n) is 6.15. The molecule has 0 saturated carbocycles. The Labute approximate surface area is 104 Å². The molecule has 0 aromatic heterocycles. The Morgan fingerprint density at radius 3 is 2.35 bits per heavy atom. The molecule has 0 unspecified atom stereocenters. The van der Waals surface area contributed by atoms with Gasteiger partial charge in [0.2, 0.25) is 0 Å². The van der Waals surface area contributed by atoms with Crippen molar-refractivity contribution in [1.29, 1.82) is 0 Å². The average Bonchev–Trinajstić information content (AvgIpc) is 2.15. The largest absolute Gasteiger partial charge is 0.459 e. The Kier molecular flexibility index (Phi) is 4.73.